The van der Waals surface area contributed by atoms with E-state index in [1.807, 2.05) is 16.7 Å². The Hall–Kier alpha value is -2.32. The van der Waals surface area contributed by atoms with Crippen LogP contribution in [-0.4, -0.2) is 45.9 Å². The van der Waals surface area contributed by atoms with E-state index in [0.717, 1.165) is 29.9 Å². The highest BCUT2D eigenvalue weighted by Gasteiger charge is 2.29. The standard InChI is InChI=1S/C24H26ClF3N4O/c25-22-17(7-11-32-20(13-15-1-2-15)29-30-24(22)32)14-31-9-5-16(6-10-31)21-18(27)3-4-19(28)23(21)33-12-8-26/h3-4,7,11,15-16H,1-2,5-6,8-10,12-14H2. The number of rotatable bonds is 8. The van der Waals surface area contributed by atoms with Crippen molar-refractivity contribution in [2.24, 2.45) is 5.92 Å². The fraction of sp³-hybridized carbons (Fsp3) is 0.500. The average molecular weight is 479 g/mol. The molecular formula is C24H26ClF3N4O. The molecule has 0 amide bonds. The fourth-order valence-electron chi connectivity index (χ4n) is 4.69. The number of halogens is 4. The van der Waals surface area contributed by atoms with Gasteiger partial charge in [0.15, 0.2) is 17.2 Å². The SMILES string of the molecule is FCCOc1c(F)ccc(F)c1C1CCN(Cc2ccn3c(CC4CC4)nnc3c2Cl)CC1. The van der Waals surface area contributed by atoms with Crippen molar-refractivity contribution in [3.8, 4) is 5.75 Å². The maximum atomic E-state index is 14.6. The normalized spacial score (nSPS) is 17.7. The monoisotopic (exact) mass is 478 g/mol. The number of piperidine rings is 1. The Morgan fingerprint density at radius 1 is 1.03 bits per heavy atom. The van der Waals surface area contributed by atoms with Crippen molar-refractivity contribution in [3.63, 3.8) is 0 Å². The van der Waals surface area contributed by atoms with Crippen LogP contribution >= 0.6 is 11.6 Å². The lowest BCUT2D eigenvalue weighted by molar-refractivity contribution is 0.198. The Balaban J connectivity index is 1.27. The maximum absolute atomic E-state index is 14.6. The van der Waals surface area contributed by atoms with Crippen molar-refractivity contribution >= 4 is 17.2 Å². The zero-order valence-electron chi connectivity index (χ0n) is 18.2. The van der Waals surface area contributed by atoms with Gasteiger partial charge in [0.1, 0.15) is 24.9 Å². The third-order valence-corrected chi connectivity index (χ3v) is 7.06. The van der Waals surface area contributed by atoms with Gasteiger partial charge >= 0.3 is 0 Å². The van der Waals surface area contributed by atoms with Crippen LogP contribution in [0.4, 0.5) is 13.2 Å². The first-order chi connectivity index (χ1) is 16.0. The van der Waals surface area contributed by atoms with Gasteiger partial charge in [-0.1, -0.05) is 11.6 Å². The predicted molar refractivity (Wildman–Crippen MR) is 120 cm³/mol. The third kappa shape index (κ3) is 4.68. The number of pyridine rings is 1. The molecule has 0 atom stereocenters. The first kappa shape index (κ1) is 22.5. The lowest BCUT2D eigenvalue weighted by Gasteiger charge is -2.33. The highest BCUT2D eigenvalue weighted by atomic mass is 35.5. The molecule has 0 spiro atoms. The van der Waals surface area contributed by atoms with Crippen LogP contribution in [0.15, 0.2) is 24.4 Å². The van der Waals surface area contributed by atoms with Crippen LogP contribution in [0.1, 0.15) is 48.6 Å². The largest absolute Gasteiger partial charge is 0.487 e. The summed E-state index contributed by atoms with van der Waals surface area (Å²) in [5, 5.41) is 9.23. The second-order valence-electron chi connectivity index (χ2n) is 8.97. The summed E-state index contributed by atoms with van der Waals surface area (Å²) in [6.07, 6.45) is 6.69. The Morgan fingerprint density at radius 2 is 1.79 bits per heavy atom. The van der Waals surface area contributed by atoms with Crippen LogP contribution in [-0.2, 0) is 13.0 Å². The van der Waals surface area contributed by atoms with Crippen LogP contribution in [0, 0.1) is 17.6 Å². The number of fused-ring (bicyclic) bond motifs is 1. The molecule has 2 aromatic heterocycles. The summed E-state index contributed by atoms with van der Waals surface area (Å²) in [6.45, 7) is 0.990. The van der Waals surface area contributed by atoms with Gasteiger partial charge in [-0.2, -0.15) is 0 Å². The topological polar surface area (TPSA) is 42.7 Å². The van der Waals surface area contributed by atoms with E-state index in [1.54, 1.807) is 0 Å². The molecular weight excluding hydrogens is 453 g/mol. The molecule has 33 heavy (non-hydrogen) atoms. The fourth-order valence-corrected chi connectivity index (χ4v) is 4.94. The zero-order valence-corrected chi connectivity index (χ0v) is 19.0. The molecule has 2 aliphatic rings. The molecule has 9 heteroatoms. The number of aromatic nitrogens is 3. The molecule has 0 unspecified atom stereocenters. The van der Waals surface area contributed by atoms with Gasteiger partial charge in [-0.25, -0.2) is 13.2 Å². The third-order valence-electron chi connectivity index (χ3n) is 6.65. The first-order valence-electron chi connectivity index (χ1n) is 11.4. The van der Waals surface area contributed by atoms with Gasteiger partial charge in [-0.05, 0) is 74.4 Å². The Labute approximate surface area is 195 Å². The van der Waals surface area contributed by atoms with Gasteiger partial charge in [-0.15, -0.1) is 10.2 Å². The van der Waals surface area contributed by atoms with Crippen LogP contribution in [0.5, 0.6) is 5.75 Å². The lowest BCUT2D eigenvalue weighted by Crippen LogP contribution is -2.33. The van der Waals surface area contributed by atoms with E-state index >= 15 is 0 Å². The summed E-state index contributed by atoms with van der Waals surface area (Å²) < 4.78 is 48.6. The molecule has 3 aromatic rings. The molecule has 2 fully saturated rings. The van der Waals surface area contributed by atoms with Gasteiger partial charge in [-0.3, -0.25) is 9.30 Å². The van der Waals surface area contributed by atoms with E-state index in [2.05, 4.69) is 15.1 Å². The Kier molecular flexibility index (Phi) is 6.47. The van der Waals surface area contributed by atoms with Crippen LogP contribution < -0.4 is 4.74 Å². The van der Waals surface area contributed by atoms with E-state index in [0.29, 0.717) is 49.1 Å². The number of ether oxygens (including phenoxy) is 1. The van der Waals surface area contributed by atoms with E-state index < -0.39 is 18.3 Å². The maximum Gasteiger partial charge on any atom is 0.179 e. The van der Waals surface area contributed by atoms with Crippen LogP contribution in [0.3, 0.4) is 0 Å². The van der Waals surface area contributed by atoms with Crippen molar-refractivity contribution in [1.29, 1.82) is 0 Å². The van der Waals surface area contributed by atoms with E-state index in [9.17, 15) is 13.2 Å². The second kappa shape index (κ2) is 9.50. The van der Waals surface area contributed by atoms with Crippen molar-refractivity contribution in [3.05, 3.63) is 58.0 Å². The summed E-state index contributed by atoms with van der Waals surface area (Å²) in [5.74, 6) is 0.148. The van der Waals surface area contributed by atoms with E-state index in [1.165, 1.54) is 12.8 Å². The Morgan fingerprint density at radius 3 is 2.52 bits per heavy atom. The zero-order chi connectivity index (χ0) is 22.9. The summed E-state index contributed by atoms with van der Waals surface area (Å²) in [6, 6.07) is 4.15. The van der Waals surface area contributed by atoms with Gasteiger partial charge in [0.05, 0.1) is 5.02 Å². The molecule has 1 aliphatic heterocycles. The van der Waals surface area contributed by atoms with E-state index in [4.69, 9.17) is 16.3 Å². The quantitative estimate of drug-likeness (QED) is 0.438. The molecule has 1 saturated heterocycles. The average Bonchev–Trinajstić information content (AvgIpc) is 3.55. The highest BCUT2D eigenvalue weighted by molar-refractivity contribution is 6.34. The number of nitrogens with zero attached hydrogens (tertiary/aromatic N) is 4. The predicted octanol–water partition coefficient (Wildman–Crippen LogP) is 5.34. The minimum Gasteiger partial charge on any atom is -0.487 e. The molecule has 3 heterocycles. The Bertz CT molecular complexity index is 1140. The highest BCUT2D eigenvalue weighted by Crippen LogP contribution is 2.38. The van der Waals surface area contributed by atoms with Gasteiger partial charge < -0.3 is 4.74 Å². The van der Waals surface area contributed by atoms with Gasteiger partial charge in [0, 0.05) is 24.7 Å². The van der Waals surface area contributed by atoms with Crippen molar-refractivity contribution < 1.29 is 17.9 Å². The van der Waals surface area contributed by atoms with Crippen LogP contribution in [0.25, 0.3) is 5.65 Å². The summed E-state index contributed by atoms with van der Waals surface area (Å²) in [7, 11) is 0. The number of likely N-dealkylation sites (tertiary alicyclic amines) is 1. The molecule has 0 N–H and O–H groups in total. The molecule has 1 aromatic carbocycles. The minimum atomic E-state index is -0.757. The van der Waals surface area contributed by atoms with Crippen molar-refractivity contribution in [2.75, 3.05) is 26.4 Å². The van der Waals surface area contributed by atoms with E-state index in [-0.39, 0.29) is 23.8 Å². The smallest absolute Gasteiger partial charge is 0.179 e. The van der Waals surface area contributed by atoms with Gasteiger partial charge in [0.2, 0.25) is 0 Å². The number of hydrogen-bond acceptors (Lipinski definition) is 4. The molecule has 1 saturated carbocycles. The molecule has 5 rings (SSSR count). The van der Waals surface area contributed by atoms with Crippen LogP contribution in [0.2, 0.25) is 5.02 Å². The van der Waals surface area contributed by atoms with Crippen molar-refractivity contribution in [2.45, 2.75) is 44.6 Å². The molecule has 176 valence electrons. The lowest BCUT2D eigenvalue weighted by atomic mass is 9.88. The molecule has 0 radical (unpaired) electrons. The van der Waals surface area contributed by atoms with Crippen molar-refractivity contribution in [1.82, 2.24) is 19.5 Å². The summed E-state index contributed by atoms with van der Waals surface area (Å²) in [5.41, 5.74) is 1.86. The number of hydrogen-bond donors (Lipinski definition) is 0. The molecule has 0 bridgehead atoms. The molecule has 1 aliphatic carbocycles. The second-order valence-corrected chi connectivity index (χ2v) is 9.35. The number of alkyl halides is 1. The number of benzene rings is 1. The summed E-state index contributed by atoms with van der Waals surface area (Å²) >= 11 is 6.67. The van der Waals surface area contributed by atoms with Gasteiger partial charge in [0.25, 0.3) is 0 Å². The minimum absolute atomic E-state index is 0.159. The molecule has 5 nitrogen and oxygen atoms in total. The first-order valence-corrected chi connectivity index (χ1v) is 11.8. The summed E-state index contributed by atoms with van der Waals surface area (Å²) in [4.78, 5) is 2.25.